The normalized spacial score (nSPS) is 9.64. The number of methoxy groups -OCH3 is 1. The third-order valence-corrected chi connectivity index (χ3v) is 1.84. The van der Waals surface area contributed by atoms with Crippen molar-refractivity contribution in [1.82, 2.24) is 0 Å². The van der Waals surface area contributed by atoms with E-state index in [4.69, 9.17) is 0 Å². The van der Waals surface area contributed by atoms with E-state index in [9.17, 15) is 9.90 Å². The van der Waals surface area contributed by atoms with Crippen LogP contribution in [0.15, 0.2) is 18.2 Å². The first-order valence-electron chi connectivity index (χ1n) is 4.14. The van der Waals surface area contributed by atoms with Gasteiger partial charge in [-0.1, -0.05) is 0 Å². The molecule has 0 aliphatic heterocycles. The minimum absolute atomic E-state index is 0.0524. The summed E-state index contributed by atoms with van der Waals surface area (Å²) >= 11 is 0. The van der Waals surface area contributed by atoms with Gasteiger partial charge in [0.05, 0.1) is 12.7 Å². The van der Waals surface area contributed by atoms with Gasteiger partial charge < -0.3 is 14.7 Å². The molecule has 1 N–H and O–H groups in total. The van der Waals surface area contributed by atoms with Gasteiger partial charge in [0.25, 0.3) is 0 Å². The number of aromatic hydroxyl groups is 1. The fraction of sp³-hybridized carbons (Fsp3) is 0.300. The van der Waals surface area contributed by atoms with Crippen LogP contribution in [-0.2, 0) is 4.74 Å². The van der Waals surface area contributed by atoms with Crippen molar-refractivity contribution in [3.05, 3.63) is 23.8 Å². The summed E-state index contributed by atoms with van der Waals surface area (Å²) in [6.45, 7) is 0. The van der Waals surface area contributed by atoms with Crippen LogP contribution in [0.1, 0.15) is 10.4 Å². The molecule has 0 atom stereocenters. The molecule has 76 valence electrons. The molecule has 0 fully saturated rings. The van der Waals surface area contributed by atoms with E-state index in [2.05, 4.69) is 4.74 Å². The van der Waals surface area contributed by atoms with E-state index in [0.717, 1.165) is 5.69 Å². The van der Waals surface area contributed by atoms with Crippen LogP contribution >= 0.6 is 0 Å². The van der Waals surface area contributed by atoms with E-state index in [0.29, 0.717) is 5.56 Å². The molecular weight excluding hydrogens is 182 g/mol. The lowest BCUT2D eigenvalue weighted by Gasteiger charge is -2.13. The topological polar surface area (TPSA) is 49.8 Å². The Morgan fingerprint density at radius 2 is 2.00 bits per heavy atom. The summed E-state index contributed by atoms with van der Waals surface area (Å²) < 4.78 is 4.56. The Hall–Kier alpha value is -1.71. The summed E-state index contributed by atoms with van der Waals surface area (Å²) in [7, 11) is 4.97. The maximum Gasteiger partial charge on any atom is 0.338 e. The van der Waals surface area contributed by atoms with E-state index < -0.39 is 5.97 Å². The lowest BCUT2D eigenvalue weighted by molar-refractivity contribution is 0.0600. The standard InChI is InChI=1S/C10H13NO3/c1-11(2)8-4-7(10(13)14-3)5-9(12)6-8/h4-6,12H,1-3H3. The van der Waals surface area contributed by atoms with E-state index >= 15 is 0 Å². The Labute approximate surface area is 82.7 Å². The summed E-state index contributed by atoms with van der Waals surface area (Å²) in [4.78, 5) is 13.0. The average Bonchev–Trinajstić information content (AvgIpc) is 2.15. The SMILES string of the molecule is COC(=O)c1cc(O)cc(N(C)C)c1. The zero-order valence-corrected chi connectivity index (χ0v) is 8.44. The highest BCUT2D eigenvalue weighted by atomic mass is 16.5. The van der Waals surface area contributed by atoms with Gasteiger partial charge in [-0.15, -0.1) is 0 Å². The van der Waals surface area contributed by atoms with Crippen molar-refractivity contribution >= 4 is 11.7 Å². The number of rotatable bonds is 2. The molecule has 0 heterocycles. The summed E-state index contributed by atoms with van der Waals surface area (Å²) in [6, 6.07) is 4.61. The van der Waals surface area contributed by atoms with Crippen molar-refractivity contribution in [3.63, 3.8) is 0 Å². The first kappa shape index (κ1) is 10.4. The van der Waals surface area contributed by atoms with Gasteiger partial charge in [-0.2, -0.15) is 0 Å². The van der Waals surface area contributed by atoms with Gasteiger partial charge in [0.15, 0.2) is 0 Å². The summed E-state index contributed by atoms with van der Waals surface area (Å²) in [5, 5.41) is 9.35. The smallest absolute Gasteiger partial charge is 0.338 e. The largest absolute Gasteiger partial charge is 0.508 e. The molecule has 14 heavy (non-hydrogen) atoms. The molecule has 0 amide bonds. The van der Waals surface area contributed by atoms with Crippen LogP contribution in [0, 0.1) is 0 Å². The van der Waals surface area contributed by atoms with E-state index in [1.54, 1.807) is 17.0 Å². The number of benzene rings is 1. The van der Waals surface area contributed by atoms with E-state index in [-0.39, 0.29) is 5.75 Å². The number of carbonyl (C=O) groups excluding carboxylic acids is 1. The molecule has 0 aromatic heterocycles. The second-order valence-corrected chi connectivity index (χ2v) is 3.12. The fourth-order valence-electron chi connectivity index (χ4n) is 1.09. The predicted molar refractivity (Wildman–Crippen MR) is 53.8 cm³/mol. The van der Waals surface area contributed by atoms with Crippen molar-refractivity contribution in [2.75, 3.05) is 26.1 Å². The molecule has 1 rings (SSSR count). The molecule has 0 radical (unpaired) electrons. The van der Waals surface area contributed by atoms with Crippen molar-refractivity contribution in [2.24, 2.45) is 0 Å². The van der Waals surface area contributed by atoms with Crippen LogP contribution in [0.5, 0.6) is 5.75 Å². The first-order chi connectivity index (χ1) is 6.54. The summed E-state index contributed by atoms with van der Waals surface area (Å²) in [5.41, 5.74) is 1.10. The Bertz CT molecular complexity index is 347. The Balaban J connectivity index is 3.13. The molecule has 4 nitrogen and oxygen atoms in total. The van der Waals surface area contributed by atoms with Crippen LogP contribution in [0.4, 0.5) is 5.69 Å². The maximum absolute atomic E-state index is 11.2. The Morgan fingerprint density at radius 1 is 1.36 bits per heavy atom. The highest BCUT2D eigenvalue weighted by Crippen LogP contribution is 2.21. The second-order valence-electron chi connectivity index (χ2n) is 3.12. The molecule has 0 saturated carbocycles. The lowest BCUT2D eigenvalue weighted by atomic mass is 10.2. The predicted octanol–water partition coefficient (Wildman–Crippen LogP) is 1.24. The van der Waals surface area contributed by atoms with Gasteiger partial charge in [-0.25, -0.2) is 4.79 Å². The third kappa shape index (κ3) is 2.16. The molecule has 0 unspecified atom stereocenters. The summed E-state index contributed by atoms with van der Waals surface area (Å²) in [6.07, 6.45) is 0. The second kappa shape index (κ2) is 4.00. The maximum atomic E-state index is 11.2. The van der Waals surface area contributed by atoms with Gasteiger partial charge in [0, 0.05) is 25.8 Å². The highest BCUT2D eigenvalue weighted by molar-refractivity contribution is 5.91. The minimum Gasteiger partial charge on any atom is -0.508 e. The monoisotopic (exact) mass is 195 g/mol. The van der Waals surface area contributed by atoms with Gasteiger partial charge in [-0.3, -0.25) is 0 Å². The molecule has 0 aliphatic rings. The Kier molecular flexibility index (Phi) is 2.96. The third-order valence-electron chi connectivity index (χ3n) is 1.84. The Morgan fingerprint density at radius 3 is 2.50 bits per heavy atom. The number of phenols is 1. The average molecular weight is 195 g/mol. The van der Waals surface area contributed by atoms with Crippen LogP contribution < -0.4 is 4.90 Å². The minimum atomic E-state index is -0.455. The number of hydrogen-bond acceptors (Lipinski definition) is 4. The van der Waals surface area contributed by atoms with Crippen LogP contribution in [-0.4, -0.2) is 32.3 Å². The number of ether oxygens (including phenoxy) is 1. The van der Waals surface area contributed by atoms with Gasteiger partial charge >= 0.3 is 5.97 Å². The van der Waals surface area contributed by atoms with Crippen molar-refractivity contribution in [3.8, 4) is 5.75 Å². The zero-order valence-electron chi connectivity index (χ0n) is 8.44. The molecular formula is C10H13NO3. The van der Waals surface area contributed by atoms with Crippen LogP contribution in [0.2, 0.25) is 0 Å². The highest BCUT2D eigenvalue weighted by Gasteiger charge is 2.09. The van der Waals surface area contributed by atoms with Crippen LogP contribution in [0.3, 0.4) is 0 Å². The molecule has 1 aromatic carbocycles. The van der Waals surface area contributed by atoms with E-state index in [1.165, 1.54) is 13.2 Å². The number of carbonyl (C=O) groups is 1. The van der Waals surface area contributed by atoms with Gasteiger partial charge in [-0.05, 0) is 12.1 Å². The van der Waals surface area contributed by atoms with Crippen molar-refractivity contribution in [1.29, 1.82) is 0 Å². The van der Waals surface area contributed by atoms with Gasteiger partial charge in [0.1, 0.15) is 5.75 Å². The number of hydrogen-bond donors (Lipinski definition) is 1. The molecule has 0 spiro atoms. The lowest BCUT2D eigenvalue weighted by Crippen LogP contribution is -2.10. The number of phenolic OH excluding ortho intramolecular Hbond substituents is 1. The zero-order chi connectivity index (χ0) is 10.7. The fourth-order valence-corrected chi connectivity index (χ4v) is 1.09. The molecule has 0 saturated heterocycles. The molecule has 4 heteroatoms. The number of nitrogens with zero attached hydrogens (tertiary/aromatic N) is 1. The van der Waals surface area contributed by atoms with E-state index in [1.807, 2.05) is 14.1 Å². The van der Waals surface area contributed by atoms with Crippen LogP contribution in [0.25, 0.3) is 0 Å². The molecule has 1 aromatic rings. The first-order valence-corrected chi connectivity index (χ1v) is 4.14. The van der Waals surface area contributed by atoms with Crippen molar-refractivity contribution in [2.45, 2.75) is 0 Å². The molecule has 0 aliphatic carbocycles. The van der Waals surface area contributed by atoms with Crippen molar-refractivity contribution < 1.29 is 14.6 Å². The quantitative estimate of drug-likeness (QED) is 0.721. The van der Waals surface area contributed by atoms with Gasteiger partial charge in [0.2, 0.25) is 0 Å². The molecule has 0 bridgehead atoms. The summed E-state index contributed by atoms with van der Waals surface area (Å²) in [5.74, 6) is -0.402. The number of anilines is 1. The number of esters is 1.